The van der Waals surface area contributed by atoms with Gasteiger partial charge in [-0.2, -0.15) is 0 Å². The van der Waals surface area contributed by atoms with E-state index in [-0.39, 0.29) is 28.6 Å². The van der Waals surface area contributed by atoms with Crippen LogP contribution in [0.25, 0.3) is 0 Å². The Hall–Kier alpha value is -3.42. The third-order valence-electron chi connectivity index (χ3n) is 3.95. The van der Waals surface area contributed by atoms with E-state index in [9.17, 15) is 24.9 Å². The molecule has 0 amide bonds. The van der Waals surface area contributed by atoms with Crippen LogP contribution in [0.2, 0.25) is 0 Å². The first kappa shape index (κ1) is 17.4. The molecule has 1 aliphatic heterocycles. The van der Waals surface area contributed by atoms with Crippen molar-refractivity contribution in [3.8, 4) is 28.7 Å². The minimum absolute atomic E-state index is 0.0489. The number of phenols is 3. The average Bonchev–Trinajstić information content (AvgIpc) is 2.58. The predicted octanol–water partition coefficient (Wildman–Crippen LogP) is 2.06. The number of hydrogen-bond acceptors (Lipinski definition) is 8. The minimum atomic E-state index is -1.37. The van der Waals surface area contributed by atoms with Crippen LogP contribution in [0.5, 0.6) is 28.7 Å². The fourth-order valence-corrected chi connectivity index (χ4v) is 2.77. The third kappa shape index (κ3) is 2.97. The summed E-state index contributed by atoms with van der Waals surface area (Å²) in [4.78, 5) is 24.3. The number of phenolic OH excluding ortho intramolecular Hbond substituents is 3. The molecule has 0 spiro atoms. The molecule has 0 aliphatic carbocycles. The van der Waals surface area contributed by atoms with Gasteiger partial charge in [-0.1, -0.05) is 6.07 Å². The van der Waals surface area contributed by atoms with E-state index in [1.165, 1.54) is 37.4 Å². The summed E-state index contributed by atoms with van der Waals surface area (Å²) in [6, 6.07) is 6.52. The number of methoxy groups -OCH3 is 1. The van der Waals surface area contributed by atoms with E-state index in [2.05, 4.69) is 0 Å². The molecule has 136 valence electrons. The number of carbonyl (C=O) groups is 2. The maximum atomic E-state index is 12.8. The van der Waals surface area contributed by atoms with Crippen LogP contribution in [0, 0.1) is 0 Å². The van der Waals surface area contributed by atoms with Gasteiger partial charge in [0.15, 0.2) is 17.6 Å². The van der Waals surface area contributed by atoms with Gasteiger partial charge in [-0.3, -0.25) is 9.59 Å². The van der Waals surface area contributed by atoms with Crippen molar-refractivity contribution in [1.29, 1.82) is 0 Å². The maximum absolute atomic E-state index is 12.8. The van der Waals surface area contributed by atoms with Crippen molar-refractivity contribution in [2.24, 2.45) is 0 Å². The molecule has 0 bridgehead atoms. The summed E-state index contributed by atoms with van der Waals surface area (Å²) in [5.41, 5.74) is 0.171. The Morgan fingerprint density at radius 1 is 1.08 bits per heavy atom. The molecule has 0 aromatic heterocycles. The fraction of sp³-hybridized carbons (Fsp3) is 0.222. The third-order valence-corrected chi connectivity index (χ3v) is 3.95. The molecule has 1 aliphatic rings. The zero-order valence-corrected chi connectivity index (χ0v) is 13.9. The van der Waals surface area contributed by atoms with Crippen molar-refractivity contribution >= 4 is 11.8 Å². The lowest BCUT2D eigenvalue weighted by Gasteiger charge is -2.32. The van der Waals surface area contributed by atoms with Crippen LogP contribution >= 0.6 is 0 Å². The smallest absolute Gasteiger partial charge is 0.303 e. The average molecular weight is 360 g/mol. The number of Topliss-reactive ketones (excluding diaryl/α,β-unsaturated/α-hetero) is 1. The molecule has 2 aromatic rings. The van der Waals surface area contributed by atoms with Crippen molar-refractivity contribution in [3.63, 3.8) is 0 Å². The van der Waals surface area contributed by atoms with Crippen LogP contribution < -0.4 is 9.47 Å². The molecule has 0 saturated heterocycles. The minimum Gasteiger partial charge on any atom is -0.507 e. The molecule has 0 radical (unpaired) electrons. The molecular formula is C18H16O8. The van der Waals surface area contributed by atoms with Gasteiger partial charge < -0.3 is 29.5 Å². The van der Waals surface area contributed by atoms with E-state index in [4.69, 9.17) is 14.2 Å². The molecule has 2 aromatic carbocycles. The lowest BCUT2D eigenvalue weighted by atomic mass is 9.92. The van der Waals surface area contributed by atoms with Crippen molar-refractivity contribution in [2.45, 2.75) is 19.1 Å². The van der Waals surface area contributed by atoms with Gasteiger partial charge in [-0.05, 0) is 12.1 Å². The highest BCUT2D eigenvalue weighted by atomic mass is 16.6. The normalized spacial score (nSPS) is 18.6. The van der Waals surface area contributed by atoms with E-state index in [1.807, 2.05) is 0 Å². The fourth-order valence-electron chi connectivity index (χ4n) is 2.77. The predicted molar refractivity (Wildman–Crippen MR) is 87.7 cm³/mol. The Bertz CT molecular complexity index is 889. The number of ether oxygens (including phenoxy) is 3. The van der Waals surface area contributed by atoms with Crippen LogP contribution in [-0.2, 0) is 9.53 Å². The van der Waals surface area contributed by atoms with E-state index in [0.717, 1.165) is 6.92 Å². The van der Waals surface area contributed by atoms with E-state index in [0.29, 0.717) is 5.56 Å². The number of benzene rings is 2. The Morgan fingerprint density at radius 2 is 1.81 bits per heavy atom. The molecule has 3 N–H and O–H groups in total. The van der Waals surface area contributed by atoms with Gasteiger partial charge >= 0.3 is 5.97 Å². The zero-order valence-electron chi connectivity index (χ0n) is 13.9. The summed E-state index contributed by atoms with van der Waals surface area (Å²) in [6.07, 6.45) is -2.46. The molecule has 26 heavy (non-hydrogen) atoms. The van der Waals surface area contributed by atoms with E-state index >= 15 is 0 Å². The number of aromatic hydroxyl groups is 3. The number of ketones is 1. The van der Waals surface area contributed by atoms with E-state index in [1.54, 1.807) is 0 Å². The lowest BCUT2D eigenvalue weighted by Crippen LogP contribution is -2.39. The summed E-state index contributed by atoms with van der Waals surface area (Å²) in [5.74, 6) is -2.18. The van der Waals surface area contributed by atoms with Gasteiger partial charge in [-0.15, -0.1) is 0 Å². The van der Waals surface area contributed by atoms with Crippen LogP contribution in [0.1, 0.15) is 28.9 Å². The van der Waals surface area contributed by atoms with Gasteiger partial charge in [0.2, 0.25) is 11.9 Å². The van der Waals surface area contributed by atoms with Crippen LogP contribution in [-0.4, -0.2) is 40.3 Å². The number of rotatable bonds is 3. The number of fused-ring (bicyclic) bond motifs is 1. The second-order valence-corrected chi connectivity index (χ2v) is 5.70. The molecule has 8 heteroatoms. The molecule has 0 unspecified atom stereocenters. The monoisotopic (exact) mass is 360 g/mol. The molecule has 2 atom stereocenters. The summed E-state index contributed by atoms with van der Waals surface area (Å²) in [7, 11) is 1.39. The number of esters is 1. The second-order valence-electron chi connectivity index (χ2n) is 5.70. The Morgan fingerprint density at radius 3 is 2.42 bits per heavy atom. The van der Waals surface area contributed by atoms with Gasteiger partial charge in [-0.25, -0.2) is 0 Å². The first-order valence-electron chi connectivity index (χ1n) is 7.62. The summed E-state index contributed by atoms with van der Waals surface area (Å²) < 4.78 is 16.0. The topological polar surface area (TPSA) is 123 Å². The second kappa shape index (κ2) is 6.47. The quantitative estimate of drug-likeness (QED) is 0.561. The van der Waals surface area contributed by atoms with Crippen molar-refractivity contribution < 1.29 is 39.1 Å². The molecule has 0 saturated carbocycles. The van der Waals surface area contributed by atoms with Crippen molar-refractivity contribution in [3.05, 3.63) is 41.5 Å². The van der Waals surface area contributed by atoms with Gasteiger partial charge in [0.1, 0.15) is 22.8 Å². The van der Waals surface area contributed by atoms with Gasteiger partial charge in [0, 0.05) is 24.6 Å². The number of carbonyl (C=O) groups excluding carboxylic acids is 2. The van der Waals surface area contributed by atoms with Gasteiger partial charge in [0.05, 0.1) is 7.11 Å². The van der Waals surface area contributed by atoms with Crippen LogP contribution in [0.3, 0.4) is 0 Å². The largest absolute Gasteiger partial charge is 0.507 e. The molecule has 1 heterocycles. The van der Waals surface area contributed by atoms with Gasteiger partial charge in [0.25, 0.3) is 0 Å². The summed E-state index contributed by atoms with van der Waals surface area (Å²) in [5, 5.41) is 29.3. The Balaban J connectivity index is 2.13. The zero-order chi connectivity index (χ0) is 19.0. The van der Waals surface area contributed by atoms with Crippen LogP contribution in [0.15, 0.2) is 30.3 Å². The summed E-state index contributed by atoms with van der Waals surface area (Å²) >= 11 is 0. The Kier molecular flexibility index (Phi) is 4.33. The Labute approximate surface area is 148 Å². The molecular weight excluding hydrogens is 344 g/mol. The molecule has 8 nitrogen and oxygen atoms in total. The number of hydrogen-bond donors (Lipinski definition) is 3. The molecule has 0 fully saturated rings. The van der Waals surface area contributed by atoms with E-state index < -0.39 is 29.7 Å². The van der Waals surface area contributed by atoms with Crippen LogP contribution in [0.4, 0.5) is 0 Å². The first-order chi connectivity index (χ1) is 12.3. The van der Waals surface area contributed by atoms with Crippen molar-refractivity contribution in [2.75, 3.05) is 7.11 Å². The lowest BCUT2D eigenvalue weighted by molar-refractivity contribution is -0.148. The molecule has 3 rings (SSSR count). The highest BCUT2D eigenvalue weighted by Gasteiger charge is 2.42. The SMILES string of the molecule is COc1cc(O)c2c(c1)O[C@H](c1ccc(O)c(O)c1)[C@@H](OC(C)=O)C2=O. The highest BCUT2D eigenvalue weighted by Crippen LogP contribution is 2.43. The summed E-state index contributed by atoms with van der Waals surface area (Å²) in [6.45, 7) is 1.14. The van der Waals surface area contributed by atoms with Crippen molar-refractivity contribution in [1.82, 2.24) is 0 Å². The highest BCUT2D eigenvalue weighted by molar-refractivity contribution is 6.06. The maximum Gasteiger partial charge on any atom is 0.303 e. The standard InChI is InChI=1S/C18H16O8/c1-8(19)25-18-16(23)15-13(22)6-10(24-2)7-14(15)26-17(18)9-3-4-11(20)12(21)5-9/h3-7,17-18,20-22H,1-2H3/t17-,18+/m1/s1. The first-order valence-corrected chi connectivity index (χ1v) is 7.62.